The molecule has 1 aromatic heterocycles. The summed E-state index contributed by atoms with van der Waals surface area (Å²) in [5, 5.41) is 0.713. The molecular formula is C15H19N3OS. The van der Waals surface area contributed by atoms with E-state index in [2.05, 4.69) is 16.9 Å². The third-order valence-electron chi connectivity index (χ3n) is 4.05. The molecule has 20 heavy (non-hydrogen) atoms. The zero-order valence-electron chi connectivity index (χ0n) is 11.6. The minimum Gasteiger partial charge on any atom is -0.332 e. The second kappa shape index (κ2) is 5.50. The molecule has 4 nitrogen and oxygen atoms in total. The highest BCUT2D eigenvalue weighted by Gasteiger charge is 2.18. The fourth-order valence-electron chi connectivity index (χ4n) is 3.05. The van der Waals surface area contributed by atoms with E-state index < -0.39 is 0 Å². The van der Waals surface area contributed by atoms with Gasteiger partial charge in [0.25, 0.3) is 5.56 Å². The molecule has 0 radical (unpaired) electrons. The van der Waals surface area contributed by atoms with Gasteiger partial charge in [-0.2, -0.15) is 0 Å². The number of nitrogens with zero attached hydrogens (tertiary/aromatic N) is 2. The molecule has 0 amide bonds. The van der Waals surface area contributed by atoms with Crippen LogP contribution >= 0.6 is 12.2 Å². The lowest BCUT2D eigenvalue weighted by molar-refractivity contribution is 0.193. The highest BCUT2D eigenvalue weighted by Crippen LogP contribution is 2.17. The van der Waals surface area contributed by atoms with Gasteiger partial charge in [0, 0.05) is 13.1 Å². The lowest BCUT2D eigenvalue weighted by Crippen LogP contribution is -2.36. The Morgan fingerprint density at radius 2 is 2.20 bits per heavy atom. The Hall–Kier alpha value is -1.46. The molecule has 0 bridgehead atoms. The van der Waals surface area contributed by atoms with Crippen molar-refractivity contribution in [2.75, 3.05) is 20.1 Å². The summed E-state index contributed by atoms with van der Waals surface area (Å²) < 4.78 is 2.25. The average Bonchev–Trinajstić information content (AvgIpc) is 2.43. The molecule has 106 valence electrons. The molecule has 1 N–H and O–H groups in total. The fraction of sp³-hybridized carbons (Fsp3) is 0.467. The predicted molar refractivity (Wildman–Crippen MR) is 83.6 cm³/mol. The second-order valence-electron chi connectivity index (χ2n) is 5.66. The van der Waals surface area contributed by atoms with Crippen LogP contribution in [0, 0.1) is 10.7 Å². The molecule has 0 aliphatic carbocycles. The van der Waals surface area contributed by atoms with Gasteiger partial charge in [0.2, 0.25) is 0 Å². The number of hydrogen-bond donors (Lipinski definition) is 1. The molecule has 1 aliphatic heterocycles. The quantitative estimate of drug-likeness (QED) is 0.863. The van der Waals surface area contributed by atoms with Gasteiger partial charge in [-0.05, 0) is 56.7 Å². The highest BCUT2D eigenvalue weighted by atomic mass is 32.1. The molecule has 2 aromatic rings. The van der Waals surface area contributed by atoms with E-state index in [4.69, 9.17) is 12.2 Å². The van der Waals surface area contributed by atoms with Crippen LogP contribution in [-0.2, 0) is 6.54 Å². The third-order valence-corrected chi connectivity index (χ3v) is 4.37. The molecule has 1 fully saturated rings. The third kappa shape index (κ3) is 2.55. The number of piperidine rings is 1. The normalized spacial score (nSPS) is 20.4. The van der Waals surface area contributed by atoms with E-state index in [0.29, 0.717) is 22.6 Å². The van der Waals surface area contributed by atoms with Crippen molar-refractivity contribution in [3.8, 4) is 0 Å². The Balaban J connectivity index is 1.99. The van der Waals surface area contributed by atoms with Crippen LogP contribution in [0.5, 0.6) is 0 Å². The van der Waals surface area contributed by atoms with Gasteiger partial charge in [0.15, 0.2) is 4.77 Å². The number of aromatic nitrogens is 2. The maximum absolute atomic E-state index is 12.6. The first kappa shape index (κ1) is 13.5. The van der Waals surface area contributed by atoms with Crippen molar-refractivity contribution in [1.82, 2.24) is 14.5 Å². The molecule has 1 saturated heterocycles. The van der Waals surface area contributed by atoms with Crippen molar-refractivity contribution in [2.24, 2.45) is 5.92 Å². The second-order valence-corrected chi connectivity index (χ2v) is 6.05. The van der Waals surface area contributed by atoms with Crippen LogP contribution in [0.3, 0.4) is 0 Å². The summed E-state index contributed by atoms with van der Waals surface area (Å²) in [4.78, 5) is 18.1. The van der Waals surface area contributed by atoms with E-state index in [1.807, 2.05) is 24.3 Å². The number of likely N-dealkylation sites (tertiary alicyclic amines) is 1. The molecule has 0 saturated carbocycles. The number of rotatable bonds is 2. The maximum atomic E-state index is 12.6. The lowest BCUT2D eigenvalue weighted by atomic mass is 9.98. The van der Waals surface area contributed by atoms with Gasteiger partial charge >= 0.3 is 0 Å². The summed E-state index contributed by atoms with van der Waals surface area (Å²) >= 11 is 5.36. The summed E-state index contributed by atoms with van der Waals surface area (Å²) in [6.07, 6.45) is 2.36. The molecule has 2 heterocycles. The van der Waals surface area contributed by atoms with Gasteiger partial charge in [0.1, 0.15) is 0 Å². The molecular weight excluding hydrogens is 270 g/mol. The van der Waals surface area contributed by atoms with E-state index in [-0.39, 0.29) is 5.56 Å². The minimum atomic E-state index is 0.0255. The summed E-state index contributed by atoms with van der Waals surface area (Å²) in [6.45, 7) is 2.90. The van der Waals surface area contributed by atoms with Crippen LogP contribution in [0.4, 0.5) is 0 Å². The highest BCUT2D eigenvalue weighted by molar-refractivity contribution is 7.71. The summed E-state index contributed by atoms with van der Waals surface area (Å²) in [5.74, 6) is 0.503. The fourth-order valence-corrected chi connectivity index (χ4v) is 3.31. The summed E-state index contributed by atoms with van der Waals surface area (Å²) in [6, 6.07) is 7.55. The van der Waals surface area contributed by atoms with Crippen molar-refractivity contribution >= 4 is 23.1 Å². The molecule has 1 aliphatic rings. The van der Waals surface area contributed by atoms with E-state index >= 15 is 0 Å². The van der Waals surface area contributed by atoms with E-state index in [1.165, 1.54) is 12.8 Å². The van der Waals surface area contributed by atoms with E-state index in [1.54, 1.807) is 4.57 Å². The number of benzene rings is 1. The molecule has 1 atom stereocenters. The van der Waals surface area contributed by atoms with Gasteiger partial charge in [-0.3, -0.25) is 9.36 Å². The van der Waals surface area contributed by atoms with Gasteiger partial charge in [-0.1, -0.05) is 12.1 Å². The number of H-pyrrole nitrogens is 1. The molecule has 3 rings (SSSR count). The minimum absolute atomic E-state index is 0.0255. The smallest absolute Gasteiger partial charge is 0.262 e. The van der Waals surface area contributed by atoms with Crippen molar-refractivity contribution < 1.29 is 0 Å². The standard InChI is InChI=1S/C15H19N3OS/c1-17-8-4-5-11(9-17)10-18-14(19)12-6-2-3-7-13(12)16-15(18)20/h2-3,6-7,11H,4-5,8-10H2,1H3,(H,16,20)/t11-/m1/s1. The topological polar surface area (TPSA) is 41.0 Å². The molecule has 0 spiro atoms. The first-order chi connectivity index (χ1) is 9.65. The number of nitrogens with one attached hydrogen (secondary N) is 1. The van der Waals surface area contributed by atoms with E-state index in [9.17, 15) is 4.79 Å². The van der Waals surface area contributed by atoms with Gasteiger partial charge in [-0.15, -0.1) is 0 Å². The zero-order chi connectivity index (χ0) is 14.1. The number of para-hydroxylation sites is 1. The first-order valence-electron chi connectivity index (χ1n) is 7.05. The predicted octanol–water partition coefficient (Wildman–Crippen LogP) is 2.40. The Labute approximate surface area is 123 Å². The summed E-state index contributed by atoms with van der Waals surface area (Å²) in [7, 11) is 2.13. The Kier molecular flexibility index (Phi) is 3.72. The zero-order valence-corrected chi connectivity index (χ0v) is 12.4. The Bertz CT molecular complexity index is 734. The van der Waals surface area contributed by atoms with Gasteiger partial charge in [-0.25, -0.2) is 0 Å². The number of hydrogen-bond acceptors (Lipinski definition) is 3. The van der Waals surface area contributed by atoms with E-state index in [0.717, 1.165) is 18.6 Å². The SMILES string of the molecule is CN1CCC[C@@H](Cn2c(=S)[nH]c3ccccc3c2=O)C1. The molecule has 5 heteroatoms. The van der Waals surface area contributed by atoms with Crippen LogP contribution in [-0.4, -0.2) is 34.6 Å². The monoisotopic (exact) mass is 289 g/mol. The Morgan fingerprint density at radius 3 is 3.00 bits per heavy atom. The van der Waals surface area contributed by atoms with Crippen LogP contribution in [0.2, 0.25) is 0 Å². The van der Waals surface area contributed by atoms with Crippen LogP contribution in [0.25, 0.3) is 10.9 Å². The maximum Gasteiger partial charge on any atom is 0.262 e. The van der Waals surface area contributed by atoms with Crippen LogP contribution in [0.15, 0.2) is 29.1 Å². The largest absolute Gasteiger partial charge is 0.332 e. The molecule has 0 unspecified atom stereocenters. The summed E-state index contributed by atoms with van der Waals surface area (Å²) in [5.41, 5.74) is 0.845. The van der Waals surface area contributed by atoms with Crippen LogP contribution < -0.4 is 5.56 Å². The van der Waals surface area contributed by atoms with Crippen molar-refractivity contribution in [3.63, 3.8) is 0 Å². The van der Waals surface area contributed by atoms with Crippen molar-refractivity contribution in [2.45, 2.75) is 19.4 Å². The number of aromatic amines is 1. The van der Waals surface area contributed by atoms with Gasteiger partial charge in [0.05, 0.1) is 10.9 Å². The Morgan fingerprint density at radius 1 is 1.40 bits per heavy atom. The van der Waals surface area contributed by atoms with Crippen LogP contribution in [0.1, 0.15) is 12.8 Å². The van der Waals surface area contributed by atoms with Gasteiger partial charge < -0.3 is 9.88 Å². The molecule has 1 aromatic carbocycles. The lowest BCUT2D eigenvalue weighted by Gasteiger charge is -2.29. The first-order valence-corrected chi connectivity index (χ1v) is 7.46. The van der Waals surface area contributed by atoms with Crippen molar-refractivity contribution in [3.05, 3.63) is 39.4 Å². The average molecular weight is 289 g/mol. The van der Waals surface area contributed by atoms with Crippen molar-refractivity contribution in [1.29, 1.82) is 0 Å². The number of fused-ring (bicyclic) bond motifs is 1.